The molecule has 4 heterocycles. The van der Waals surface area contributed by atoms with E-state index in [0.717, 1.165) is 40.4 Å². The molecule has 0 saturated carbocycles. The van der Waals surface area contributed by atoms with E-state index < -0.39 is 0 Å². The fraction of sp³-hybridized carbons (Fsp3) is 0.417. The van der Waals surface area contributed by atoms with E-state index in [4.69, 9.17) is 4.98 Å². The van der Waals surface area contributed by atoms with Crippen molar-refractivity contribution in [3.63, 3.8) is 0 Å². The Hall–Kier alpha value is -2.73. The highest BCUT2D eigenvalue weighted by Gasteiger charge is 2.16. The first-order chi connectivity index (χ1) is 14.6. The molecule has 1 aromatic carbocycles. The minimum atomic E-state index is -0.230. The van der Waals surface area contributed by atoms with E-state index in [1.54, 1.807) is 13.0 Å². The summed E-state index contributed by atoms with van der Waals surface area (Å²) in [6.45, 7) is 5.23. The van der Waals surface area contributed by atoms with Crippen LogP contribution in [0.5, 0.6) is 0 Å². The molecule has 1 N–H and O–H groups in total. The van der Waals surface area contributed by atoms with Crippen molar-refractivity contribution in [2.75, 3.05) is 20.1 Å². The molecule has 5 rings (SSSR count). The molecule has 0 aliphatic carbocycles. The number of hydrogen-bond acceptors (Lipinski definition) is 3. The summed E-state index contributed by atoms with van der Waals surface area (Å²) in [5.41, 5.74) is 4.02. The van der Waals surface area contributed by atoms with Gasteiger partial charge in [0.25, 0.3) is 0 Å². The van der Waals surface area contributed by atoms with Crippen LogP contribution in [0.2, 0.25) is 0 Å². The van der Waals surface area contributed by atoms with E-state index in [-0.39, 0.29) is 5.82 Å². The van der Waals surface area contributed by atoms with Crippen LogP contribution in [0.1, 0.15) is 31.2 Å². The van der Waals surface area contributed by atoms with Gasteiger partial charge in [-0.1, -0.05) is 0 Å². The molecule has 1 saturated heterocycles. The molecule has 0 atom stereocenters. The zero-order valence-corrected chi connectivity index (χ0v) is 17.7. The van der Waals surface area contributed by atoms with E-state index >= 15 is 0 Å². The summed E-state index contributed by atoms with van der Waals surface area (Å²) in [7, 11) is 2.22. The predicted molar refractivity (Wildman–Crippen MR) is 119 cm³/mol. The number of likely N-dealkylation sites (tertiary alicyclic amines) is 1. The SMILES string of the molecule is Cc1c(F)ccc2[nH]c(-c3cnc4c(ccn4CCCC4CCN(C)CC4)c3)nc12. The molecule has 1 aliphatic rings. The Kier molecular flexibility index (Phi) is 5.03. The minimum absolute atomic E-state index is 0.230. The number of rotatable bonds is 5. The molecule has 0 amide bonds. The molecular formula is C24H28FN5. The highest BCUT2D eigenvalue weighted by molar-refractivity contribution is 5.85. The van der Waals surface area contributed by atoms with Gasteiger partial charge in [-0.25, -0.2) is 14.4 Å². The molecule has 6 heteroatoms. The molecule has 0 spiro atoms. The second-order valence-corrected chi connectivity index (χ2v) is 8.69. The summed E-state index contributed by atoms with van der Waals surface area (Å²) in [6.07, 6.45) is 9.13. The van der Waals surface area contributed by atoms with Gasteiger partial charge in [-0.15, -0.1) is 0 Å². The predicted octanol–water partition coefficient (Wildman–Crippen LogP) is 5.15. The molecule has 3 aromatic heterocycles. The lowest BCUT2D eigenvalue weighted by molar-refractivity contribution is 0.209. The van der Waals surface area contributed by atoms with Crippen LogP contribution in [0.3, 0.4) is 0 Å². The Morgan fingerprint density at radius 1 is 1.20 bits per heavy atom. The standard InChI is InChI=1S/C24H28FN5/c1-16-20(25)5-6-21-22(16)28-23(27-21)19-14-18-9-13-30(24(18)26-15-19)10-3-4-17-7-11-29(2)12-8-17/h5-6,9,13-15,17H,3-4,7-8,10-12H2,1-2H3,(H,27,28). The highest BCUT2D eigenvalue weighted by atomic mass is 19.1. The number of aromatic amines is 1. The van der Waals surface area contributed by atoms with E-state index in [1.807, 2.05) is 6.20 Å². The normalized spacial score (nSPS) is 16.1. The van der Waals surface area contributed by atoms with Gasteiger partial charge in [-0.05, 0) is 82.9 Å². The Balaban J connectivity index is 1.32. The van der Waals surface area contributed by atoms with Gasteiger partial charge in [0.15, 0.2) is 0 Å². The fourth-order valence-electron chi connectivity index (χ4n) is 4.61. The molecule has 1 fully saturated rings. The molecule has 1 aliphatic heterocycles. The lowest BCUT2D eigenvalue weighted by Crippen LogP contribution is -2.30. The van der Waals surface area contributed by atoms with E-state index in [2.05, 4.69) is 44.8 Å². The third-order valence-electron chi connectivity index (χ3n) is 6.57. The summed E-state index contributed by atoms with van der Waals surface area (Å²) >= 11 is 0. The Bertz CT molecular complexity index is 1180. The number of aromatic nitrogens is 4. The van der Waals surface area contributed by atoms with Crippen LogP contribution in [-0.4, -0.2) is 44.6 Å². The Morgan fingerprint density at radius 2 is 2.03 bits per heavy atom. The molecule has 0 radical (unpaired) electrons. The van der Waals surface area contributed by atoms with Crippen LogP contribution in [-0.2, 0) is 6.54 Å². The second kappa shape index (κ2) is 7.84. The summed E-state index contributed by atoms with van der Waals surface area (Å²) in [5, 5.41) is 1.11. The Morgan fingerprint density at radius 3 is 2.87 bits per heavy atom. The van der Waals surface area contributed by atoms with Crippen molar-refractivity contribution in [1.29, 1.82) is 0 Å². The number of hydrogen-bond donors (Lipinski definition) is 1. The van der Waals surface area contributed by atoms with Gasteiger partial charge in [0.2, 0.25) is 0 Å². The topological polar surface area (TPSA) is 49.7 Å². The van der Waals surface area contributed by atoms with Crippen LogP contribution < -0.4 is 0 Å². The lowest BCUT2D eigenvalue weighted by Gasteiger charge is -2.28. The first kappa shape index (κ1) is 19.2. The second-order valence-electron chi connectivity index (χ2n) is 8.69. The first-order valence-corrected chi connectivity index (χ1v) is 10.9. The largest absolute Gasteiger partial charge is 0.338 e. The van der Waals surface area contributed by atoms with Crippen molar-refractivity contribution in [3.8, 4) is 11.4 Å². The van der Waals surface area contributed by atoms with Crippen molar-refractivity contribution < 1.29 is 4.39 Å². The molecular weight excluding hydrogens is 377 g/mol. The fourth-order valence-corrected chi connectivity index (χ4v) is 4.61. The van der Waals surface area contributed by atoms with Gasteiger partial charge < -0.3 is 14.5 Å². The first-order valence-electron chi connectivity index (χ1n) is 10.9. The van der Waals surface area contributed by atoms with Crippen LogP contribution in [0.25, 0.3) is 33.5 Å². The average Bonchev–Trinajstić information content (AvgIpc) is 3.37. The molecule has 0 unspecified atom stereocenters. The van der Waals surface area contributed by atoms with Crippen molar-refractivity contribution in [2.24, 2.45) is 5.92 Å². The van der Waals surface area contributed by atoms with Gasteiger partial charge >= 0.3 is 0 Å². The number of halogens is 1. The van der Waals surface area contributed by atoms with Gasteiger partial charge in [-0.2, -0.15) is 0 Å². The van der Waals surface area contributed by atoms with Crippen LogP contribution in [0.15, 0.2) is 36.7 Å². The van der Waals surface area contributed by atoms with Crippen LogP contribution in [0, 0.1) is 18.7 Å². The number of fused-ring (bicyclic) bond motifs is 2. The van der Waals surface area contributed by atoms with Crippen molar-refractivity contribution in [2.45, 2.75) is 39.2 Å². The smallest absolute Gasteiger partial charge is 0.140 e. The lowest BCUT2D eigenvalue weighted by atomic mass is 9.92. The third-order valence-corrected chi connectivity index (χ3v) is 6.57. The van der Waals surface area contributed by atoms with Crippen LogP contribution >= 0.6 is 0 Å². The van der Waals surface area contributed by atoms with Gasteiger partial charge in [-0.3, -0.25) is 0 Å². The van der Waals surface area contributed by atoms with Crippen molar-refractivity contribution in [1.82, 2.24) is 24.4 Å². The number of imidazole rings is 1. The number of H-pyrrole nitrogens is 1. The number of nitrogens with zero attached hydrogens (tertiary/aromatic N) is 4. The highest BCUT2D eigenvalue weighted by Crippen LogP contribution is 2.27. The number of nitrogens with one attached hydrogen (secondary N) is 1. The van der Waals surface area contributed by atoms with E-state index in [0.29, 0.717) is 11.1 Å². The van der Waals surface area contributed by atoms with E-state index in [1.165, 1.54) is 44.8 Å². The quantitative estimate of drug-likeness (QED) is 0.500. The minimum Gasteiger partial charge on any atom is -0.338 e. The maximum atomic E-state index is 13.8. The number of piperidine rings is 1. The summed E-state index contributed by atoms with van der Waals surface area (Å²) < 4.78 is 16.1. The van der Waals surface area contributed by atoms with Crippen molar-refractivity contribution in [3.05, 3.63) is 48.0 Å². The van der Waals surface area contributed by atoms with Crippen molar-refractivity contribution >= 4 is 22.1 Å². The van der Waals surface area contributed by atoms with Gasteiger partial charge in [0, 0.05) is 35.5 Å². The maximum absolute atomic E-state index is 13.8. The van der Waals surface area contributed by atoms with Gasteiger partial charge in [0.05, 0.1) is 11.0 Å². The molecule has 0 bridgehead atoms. The molecule has 4 aromatic rings. The number of pyridine rings is 1. The molecule has 5 nitrogen and oxygen atoms in total. The summed E-state index contributed by atoms with van der Waals surface area (Å²) in [5.74, 6) is 1.36. The summed E-state index contributed by atoms with van der Waals surface area (Å²) in [4.78, 5) is 15.1. The summed E-state index contributed by atoms with van der Waals surface area (Å²) in [6, 6.07) is 7.45. The molecule has 156 valence electrons. The third kappa shape index (κ3) is 3.60. The average molecular weight is 406 g/mol. The monoisotopic (exact) mass is 405 g/mol. The van der Waals surface area contributed by atoms with Crippen LogP contribution in [0.4, 0.5) is 4.39 Å². The number of benzene rings is 1. The number of aryl methyl sites for hydroxylation is 2. The zero-order valence-electron chi connectivity index (χ0n) is 17.7. The Labute approximate surface area is 175 Å². The van der Waals surface area contributed by atoms with E-state index in [9.17, 15) is 4.39 Å². The zero-order chi connectivity index (χ0) is 20.7. The maximum Gasteiger partial charge on any atom is 0.140 e. The molecule has 30 heavy (non-hydrogen) atoms. The van der Waals surface area contributed by atoms with Gasteiger partial charge in [0.1, 0.15) is 17.3 Å².